The molecule has 1 aromatic carbocycles. The Balaban J connectivity index is 1.43. The number of carbonyl (C=O) groups is 2. The summed E-state index contributed by atoms with van der Waals surface area (Å²) in [4.78, 5) is 25.8. The number of carbonyl (C=O) groups excluding carboxylic acids is 2. The summed E-state index contributed by atoms with van der Waals surface area (Å²) < 4.78 is 10.9. The first-order valence-corrected chi connectivity index (χ1v) is 10.5. The molecule has 0 bridgehead atoms. The summed E-state index contributed by atoms with van der Waals surface area (Å²) in [7, 11) is 0. The second kappa shape index (κ2) is 10.8. The molecule has 2 heterocycles. The summed E-state index contributed by atoms with van der Waals surface area (Å²) >= 11 is 12.1. The minimum atomic E-state index is -0.204. The highest BCUT2D eigenvalue weighted by atomic mass is 35.5. The van der Waals surface area contributed by atoms with Crippen molar-refractivity contribution in [2.75, 3.05) is 31.6 Å². The summed E-state index contributed by atoms with van der Waals surface area (Å²) in [5, 5.41) is 10.2. The highest BCUT2D eigenvalue weighted by molar-refractivity contribution is 6.42. The maximum absolute atomic E-state index is 12.2. The number of anilines is 1. The molecule has 0 aliphatic carbocycles. The van der Waals surface area contributed by atoms with E-state index in [-0.39, 0.29) is 24.3 Å². The first kappa shape index (κ1) is 22.6. The van der Waals surface area contributed by atoms with E-state index in [4.69, 9.17) is 32.5 Å². The lowest BCUT2D eigenvalue weighted by atomic mass is 10.2. The number of rotatable bonds is 8. The number of hydrogen-bond donors (Lipinski definition) is 2. The van der Waals surface area contributed by atoms with Crippen LogP contribution in [0.15, 0.2) is 28.8 Å². The normalized spacial score (nSPS) is 17.0. The van der Waals surface area contributed by atoms with Crippen molar-refractivity contribution >= 4 is 40.8 Å². The van der Waals surface area contributed by atoms with Crippen LogP contribution >= 0.6 is 23.2 Å². The number of halogens is 2. The van der Waals surface area contributed by atoms with Crippen LogP contribution in [0.3, 0.4) is 0 Å². The summed E-state index contributed by atoms with van der Waals surface area (Å²) in [5.41, 5.74) is 1.07. The lowest BCUT2D eigenvalue weighted by molar-refractivity contribution is -0.122. The van der Waals surface area contributed by atoms with Crippen LogP contribution < -0.4 is 10.6 Å². The van der Waals surface area contributed by atoms with Gasteiger partial charge in [0, 0.05) is 38.7 Å². The number of amides is 2. The average Bonchev–Trinajstić information content (AvgIpc) is 3.16. The van der Waals surface area contributed by atoms with Gasteiger partial charge in [0.25, 0.3) is 0 Å². The maximum Gasteiger partial charge on any atom is 0.227 e. The standard InChI is InChI=1S/C20H24Cl2N4O4/c1-2-19(27)24-18-8-14(30-25-18)9-20(28)23-10-15-12-26(5-6-29-15)11-13-3-4-16(21)17(22)7-13/h3-4,7-8,15H,2,5-6,9-12H2,1H3,(H,23,28)(H,24,25,27)/t15-/m0/s1. The molecular formula is C20H24Cl2N4O4. The van der Waals surface area contributed by atoms with E-state index < -0.39 is 0 Å². The number of morpholine rings is 1. The summed E-state index contributed by atoms with van der Waals surface area (Å²) in [5.74, 6) is 0.312. The molecule has 1 aliphatic heterocycles. The number of nitrogens with zero attached hydrogens (tertiary/aromatic N) is 2. The molecule has 1 fully saturated rings. The van der Waals surface area contributed by atoms with Gasteiger partial charge in [0.2, 0.25) is 11.8 Å². The zero-order chi connectivity index (χ0) is 21.5. The molecular weight excluding hydrogens is 431 g/mol. The second-order valence-corrected chi connectivity index (χ2v) is 7.85. The average molecular weight is 455 g/mol. The molecule has 2 N–H and O–H groups in total. The maximum atomic E-state index is 12.2. The Bertz CT molecular complexity index is 889. The first-order chi connectivity index (χ1) is 14.4. The van der Waals surface area contributed by atoms with Gasteiger partial charge in [0.15, 0.2) is 5.82 Å². The largest absolute Gasteiger partial charge is 0.374 e. The Labute approximate surface area is 184 Å². The van der Waals surface area contributed by atoms with Crippen LogP contribution in [-0.2, 0) is 27.3 Å². The van der Waals surface area contributed by atoms with Gasteiger partial charge in [-0.25, -0.2) is 0 Å². The van der Waals surface area contributed by atoms with Crippen molar-refractivity contribution in [1.29, 1.82) is 0 Å². The molecule has 1 atom stereocenters. The Morgan fingerprint density at radius 1 is 1.23 bits per heavy atom. The third-order valence-corrected chi connectivity index (χ3v) is 5.36. The van der Waals surface area contributed by atoms with E-state index in [1.165, 1.54) is 0 Å². The summed E-state index contributed by atoms with van der Waals surface area (Å²) in [6.07, 6.45) is 0.264. The zero-order valence-corrected chi connectivity index (χ0v) is 18.1. The molecule has 0 saturated carbocycles. The minimum Gasteiger partial charge on any atom is -0.374 e. The monoisotopic (exact) mass is 454 g/mol. The molecule has 1 aliphatic rings. The predicted molar refractivity (Wildman–Crippen MR) is 114 cm³/mol. The third-order valence-electron chi connectivity index (χ3n) is 4.62. The highest BCUT2D eigenvalue weighted by Crippen LogP contribution is 2.23. The third kappa shape index (κ3) is 6.70. The van der Waals surface area contributed by atoms with Crippen molar-refractivity contribution in [2.45, 2.75) is 32.4 Å². The van der Waals surface area contributed by atoms with Crippen molar-refractivity contribution in [3.05, 3.63) is 45.6 Å². The number of ether oxygens (including phenoxy) is 1. The van der Waals surface area contributed by atoms with E-state index in [0.717, 1.165) is 18.7 Å². The van der Waals surface area contributed by atoms with E-state index in [2.05, 4.69) is 20.7 Å². The molecule has 30 heavy (non-hydrogen) atoms. The van der Waals surface area contributed by atoms with Gasteiger partial charge < -0.3 is 19.9 Å². The zero-order valence-electron chi connectivity index (χ0n) is 16.6. The van der Waals surface area contributed by atoms with Crippen LogP contribution in [0.4, 0.5) is 5.82 Å². The molecule has 2 amide bonds. The fourth-order valence-corrected chi connectivity index (χ4v) is 3.40. The summed E-state index contributed by atoms with van der Waals surface area (Å²) in [6.45, 7) is 4.94. The SMILES string of the molecule is CCC(=O)Nc1cc(CC(=O)NC[C@H]2CN(Cc3ccc(Cl)c(Cl)c3)CCO2)on1. The van der Waals surface area contributed by atoms with Crippen molar-refractivity contribution in [3.8, 4) is 0 Å². The second-order valence-electron chi connectivity index (χ2n) is 7.04. The quantitative estimate of drug-likeness (QED) is 0.636. The lowest BCUT2D eigenvalue weighted by Gasteiger charge is -2.33. The van der Waals surface area contributed by atoms with Gasteiger partial charge in [0.1, 0.15) is 5.76 Å². The number of benzene rings is 1. The summed E-state index contributed by atoms with van der Waals surface area (Å²) in [6, 6.07) is 7.16. The van der Waals surface area contributed by atoms with E-state index in [9.17, 15) is 9.59 Å². The van der Waals surface area contributed by atoms with Crippen LogP contribution in [0.2, 0.25) is 10.0 Å². The fourth-order valence-electron chi connectivity index (χ4n) is 3.08. The molecule has 8 nitrogen and oxygen atoms in total. The van der Waals surface area contributed by atoms with Crippen molar-refractivity contribution in [1.82, 2.24) is 15.4 Å². The van der Waals surface area contributed by atoms with E-state index in [0.29, 0.717) is 47.7 Å². The molecule has 10 heteroatoms. The molecule has 0 spiro atoms. The van der Waals surface area contributed by atoms with Crippen LogP contribution in [-0.4, -0.2) is 54.2 Å². The van der Waals surface area contributed by atoms with E-state index in [1.807, 2.05) is 12.1 Å². The Kier molecular flexibility index (Phi) is 8.09. The van der Waals surface area contributed by atoms with E-state index in [1.54, 1.807) is 19.1 Å². The van der Waals surface area contributed by atoms with Gasteiger partial charge in [-0.1, -0.05) is 41.3 Å². The van der Waals surface area contributed by atoms with Crippen LogP contribution in [0.1, 0.15) is 24.7 Å². The number of nitrogens with one attached hydrogen (secondary N) is 2. The first-order valence-electron chi connectivity index (χ1n) is 9.73. The highest BCUT2D eigenvalue weighted by Gasteiger charge is 2.21. The number of hydrogen-bond acceptors (Lipinski definition) is 6. The molecule has 3 rings (SSSR count). The van der Waals surface area contributed by atoms with Gasteiger partial charge in [-0.15, -0.1) is 0 Å². The number of aromatic nitrogens is 1. The van der Waals surface area contributed by atoms with Gasteiger partial charge in [-0.05, 0) is 17.7 Å². The predicted octanol–water partition coefficient (Wildman–Crippen LogP) is 2.89. The van der Waals surface area contributed by atoms with Gasteiger partial charge in [-0.3, -0.25) is 14.5 Å². The fraction of sp³-hybridized carbons (Fsp3) is 0.450. The molecule has 2 aromatic rings. The Morgan fingerprint density at radius 3 is 2.83 bits per heavy atom. The molecule has 1 aromatic heterocycles. The Morgan fingerprint density at radius 2 is 2.07 bits per heavy atom. The lowest BCUT2D eigenvalue weighted by Crippen LogP contribution is -2.47. The minimum absolute atomic E-state index is 0.0364. The molecule has 0 radical (unpaired) electrons. The van der Waals surface area contributed by atoms with Crippen molar-refractivity contribution in [2.24, 2.45) is 0 Å². The molecule has 0 unspecified atom stereocenters. The molecule has 1 saturated heterocycles. The van der Waals surface area contributed by atoms with Crippen molar-refractivity contribution in [3.63, 3.8) is 0 Å². The Hall–Kier alpha value is -2.13. The topological polar surface area (TPSA) is 96.7 Å². The van der Waals surface area contributed by atoms with Gasteiger partial charge >= 0.3 is 0 Å². The van der Waals surface area contributed by atoms with Crippen molar-refractivity contribution < 1.29 is 18.8 Å². The van der Waals surface area contributed by atoms with Gasteiger partial charge in [-0.2, -0.15) is 0 Å². The van der Waals surface area contributed by atoms with E-state index >= 15 is 0 Å². The van der Waals surface area contributed by atoms with Gasteiger partial charge in [0.05, 0.1) is 29.2 Å². The van der Waals surface area contributed by atoms with Crippen LogP contribution in [0.5, 0.6) is 0 Å². The van der Waals surface area contributed by atoms with Crippen LogP contribution in [0.25, 0.3) is 0 Å². The van der Waals surface area contributed by atoms with Crippen LogP contribution in [0, 0.1) is 0 Å². The smallest absolute Gasteiger partial charge is 0.227 e. The molecule has 162 valence electrons.